The predicted molar refractivity (Wildman–Crippen MR) is 119 cm³/mol. The Bertz CT molecular complexity index is 1100. The summed E-state index contributed by atoms with van der Waals surface area (Å²) in [5.74, 6) is 0.160. The number of hydrogen-bond donors (Lipinski definition) is 1. The number of aryl methyl sites for hydroxylation is 1. The largest absolute Gasteiger partial charge is 0.492 e. The molecule has 0 aliphatic carbocycles. The van der Waals surface area contributed by atoms with E-state index in [0.29, 0.717) is 5.75 Å². The van der Waals surface area contributed by atoms with Crippen molar-refractivity contribution in [3.63, 3.8) is 0 Å². The van der Waals surface area contributed by atoms with E-state index in [4.69, 9.17) is 4.74 Å². The third-order valence-electron chi connectivity index (χ3n) is 4.30. The maximum absolute atomic E-state index is 12.3. The van der Waals surface area contributed by atoms with Crippen LogP contribution in [0.15, 0.2) is 53.4 Å². The fourth-order valence-corrected chi connectivity index (χ4v) is 4.33. The Morgan fingerprint density at radius 3 is 2.06 bits per heavy atom. The number of amides is 1. The van der Waals surface area contributed by atoms with Gasteiger partial charge < -0.3 is 10.1 Å². The molecule has 170 valence electrons. The van der Waals surface area contributed by atoms with Crippen LogP contribution in [0.25, 0.3) is 0 Å². The Morgan fingerprint density at radius 1 is 0.968 bits per heavy atom. The summed E-state index contributed by atoms with van der Waals surface area (Å²) in [6, 6.07) is 12.8. The van der Waals surface area contributed by atoms with E-state index in [1.54, 1.807) is 0 Å². The zero-order valence-electron chi connectivity index (χ0n) is 17.9. The normalized spacial score (nSPS) is 11.9. The Labute approximate surface area is 183 Å². The van der Waals surface area contributed by atoms with Gasteiger partial charge in [0.1, 0.15) is 18.9 Å². The number of carbonyl (C=O) groups excluding carboxylic acids is 1. The minimum Gasteiger partial charge on any atom is -0.492 e. The van der Waals surface area contributed by atoms with Gasteiger partial charge in [-0.15, -0.1) is 0 Å². The molecule has 2 rings (SSSR count). The second-order valence-corrected chi connectivity index (χ2v) is 11.1. The van der Waals surface area contributed by atoms with E-state index in [1.165, 1.54) is 38.4 Å². The number of rotatable bonds is 10. The molecule has 0 aliphatic rings. The number of anilines is 1. The number of ether oxygens (including phenoxy) is 1. The average molecular weight is 470 g/mol. The third-order valence-corrected chi connectivity index (χ3v) is 7.27. The second kappa shape index (κ2) is 10.1. The molecule has 0 radical (unpaired) electrons. The lowest BCUT2D eigenvalue weighted by molar-refractivity contribution is -0.119. The van der Waals surface area contributed by atoms with E-state index in [1.807, 2.05) is 31.2 Å². The van der Waals surface area contributed by atoms with Crippen molar-refractivity contribution in [2.75, 3.05) is 44.4 Å². The first-order valence-corrected chi connectivity index (χ1v) is 12.7. The van der Waals surface area contributed by atoms with Crippen molar-refractivity contribution in [3.8, 4) is 5.75 Å². The van der Waals surface area contributed by atoms with Crippen LogP contribution in [-0.4, -0.2) is 67.1 Å². The van der Waals surface area contributed by atoms with Gasteiger partial charge in [0.05, 0.1) is 23.4 Å². The summed E-state index contributed by atoms with van der Waals surface area (Å²) in [6.45, 7) is 1.95. The number of carbonyl (C=O) groups is 1. The fraction of sp³-hybridized carbons (Fsp3) is 0.350. The Hall–Kier alpha value is -2.63. The van der Waals surface area contributed by atoms with Crippen molar-refractivity contribution in [1.29, 1.82) is 0 Å². The fourth-order valence-electron chi connectivity index (χ4n) is 2.58. The molecule has 0 saturated heterocycles. The Balaban J connectivity index is 2.00. The maximum atomic E-state index is 12.3. The Kier molecular flexibility index (Phi) is 8.04. The van der Waals surface area contributed by atoms with Crippen LogP contribution < -0.4 is 14.4 Å². The van der Waals surface area contributed by atoms with Crippen molar-refractivity contribution in [3.05, 3.63) is 54.1 Å². The average Bonchev–Trinajstić information content (AvgIpc) is 2.70. The Morgan fingerprint density at radius 2 is 1.55 bits per heavy atom. The van der Waals surface area contributed by atoms with E-state index in [-0.39, 0.29) is 23.7 Å². The molecule has 0 spiro atoms. The van der Waals surface area contributed by atoms with Crippen molar-refractivity contribution >= 4 is 31.6 Å². The van der Waals surface area contributed by atoms with Gasteiger partial charge in [-0.1, -0.05) is 17.7 Å². The number of hydrogen-bond acceptors (Lipinski definition) is 6. The topological polar surface area (TPSA) is 113 Å². The van der Waals surface area contributed by atoms with Crippen LogP contribution in [0.2, 0.25) is 0 Å². The number of sulfonamides is 2. The molecule has 31 heavy (non-hydrogen) atoms. The number of nitrogens with one attached hydrogen (secondary N) is 1. The molecule has 1 N–H and O–H groups in total. The van der Waals surface area contributed by atoms with Gasteiger partial charge in [-0.25, -0.2) is 21.1 Å². The predicted octanol–water partition coefficient (Wildman–Crippen LogP) is 1.21. The van der Waals surface area contributed by atoms with Crippen LogP contribution in [0.1, 0.15) is 5.56 Å². The SMILES string of the molecule is Cc1ccc(OCCNC(=O)CN(c2ccc(S(=O)(=O)N(C)C)cc2)S(C)(=O)=O)cc1. The van der Waals surface area contributed by atoms with Gasteiger partial charge in [-0.3, -0.25) is 9.10 Å². The van der Waals surface area contributed by atoms with Gasteiger partial charge in [0.25, 0.3) is 0 Å². The zero-order chi connectivity index (χ0) is 23.2. The van der Waals surface area contributed by atoms with Gasteiger partial charge in [-0.2, -0.15) is 0 Å². The van der Waals surface area contributed by atoms with E-state index >= 15 is 0 Å². The van der Waals surface area contributed by atoms with E-state index in [9.17, 15) is 21.6 Å². The summed E-state index contributed by atoms with van der Waals surface area (Å²) in [4.78, 5) is 12.3. The van der Waals surface area contributed by atoms with Crippen LogP contribution in [0.5, 0.6) is 5.75 Å². The summed E-state index contributed by atoms with van der Waals surface area (Å²) >= 11 is 0. The van der Waals surface area contributed by atoms with Crippen molar-refractivity contribution in [1.82, 2.24) is 9.62 Å². The van der Waals surface area contributed by atoms with Gasteiger partial charge in [0.15, 0.2) is 0 Å². The number of nitrogens with zero attached hydrogens (tertiary/aromatic N) is 2. The van der Waals surface area contributed by atoms with Gasteiger partial charge in [-0.05, 0) is 43.3 Å². The van der Waals surface area contributed by atoms with Crippen LogP contribution in [-0.2, 0) is 24.8 Å². The molecule has 0 atom stereocenters. The monoisotopic (exact) mass is 469 g/mol. The molecule has 1 amide bonds. The quantitative estimate of drug-likeness (QED) is 0.523. The van der Waals surface area contributed by atoms with Crippen LogP contribution in [0, 0.1) is 6.92 Å². The smallest absolute Gasteiger partial charge is 0.242 e. The summed E-state index contributed by atoms with van der Waals surface area (Å²) in [7, 11) is -4.62. The van der Waals surface area contributed by atoms with Crippen molar-refractivity contribution < 1.29 is 26.4 Å². The van der Waals surface area contributed by atoms with Gasteiger partial charge >= 0.3 is 0 Å². The summed E-state index contributed by atoms with van der Waals surface area (Å²) in [5, 5.41) is 2.61. The molecule has 2 aromatic carbocycles. The molecule has 0 bridgehead atoms. The standard InChI is InChI=1S/C20H27N3O6S2/c1-16-5-9-18(10-6-16)29-14-13-21-20(24)15-23(30(4,25)26)17-7-11-19(12-8-17)31(27,28)22(2)3/h5-12H,13-15H2,1-4H3,(H,21,24). The first kappa shape index (κ1) is 24.6. The van der Waals surface area contributed by atoms with Gasteiger partial charge in [0, 0.05) is 14.1 Å². The summed E-state index contributed by atoms with van der Waals surface area (Å²) in [6.07, 6.45) is 0.977. The zero-order valence-corrected chi connectivity index (χ0v) is 19.5. The highest BCUT2D eigenvalue weighted by Gasteiger charge is 2.22. The lowest BCUT2D eigenvalue weighted by Gasteiger charge is -2.22. The molecule has 2 aromatic rings. The van der Waals surface area contributed by atoms with Crippen molar-refractivity contribution in [2.45, 2.75) is 11.8 Å². The highest BCUT2D eigenvalue weighted by molar-refractivity contribution is 7.92. The lowest BCUT2D eigenvalue weighted by atomic mass is 10.2. The molecule has 0 saturated carbocycles. The second-order valence-electron chi connectivity index (χ2n) is 7.06. The minimum absolute atomic E-state index is 0.0207. The first-order valence-electron chi connectivity index (χ1n) is 9.38. The minimum atomic E-state index is -3.77. The molecular formula is C20H27N3O6S2. The molecule has 0 unspecified atom stereocenters. The van der Waals surface area contributed by atoms with E-state index in [0.717, 1.165) is 20.4 Å². The highest BCUT2D eigenvalue weighted by Crippen LogP contribution is 2.21. The van der Waals surface area contributed by atoms with Gasteiger partial charge in [0.2, 0.25) is 26.0 Å². The third kappa shape index (κ3) is 6.94. The van der Waals surface area contributed by atoms with Crippen LogP contribution >= 0.6 is 0 Å². The molecule has 9 nitrogen and oxygen atoms in total. The summed E-state index contributed by atoms with van der Waals surface area (Å²) < 4.78 is 56.2. The molecule has 11 heteroatoms. The van der Waals surface area contributed by atoms with Crippen LogP contribution in [0.3, 0.4) is 0 Å². The van der Waals surface area contributed by atoms with E-state index < -0.39 is 32.5 Å². The molecule has 0 fully saturated rings. The first-order chi connectivity index (χ1) is 14.4. The van der Waals surface area contributed by atoms with Crippen molar-refractivity contribution in [2.24, 2.45) is 0 Å². The maximum Gasteiger partial charge on any atom is 0.242 e. The molecular weight excluding hydrogens is 442 g/mol. The molecule has 0 aromatic heterocycles. The lowest BCUT2D eigenvalue weighted by Crippen LogP contribution is -2.41. The molecule has 0 heterocycles. The molecule has 0 aliphatic heterocycles. The van der Waals surface area contributed by atoms with Crippen LogP contribution in [0.4, 0.5) is 5.69 Å². The number of benzene rings is 2. The highest BCUT2D eigenvalue weighted by atomic mass is 32.2. The van der Waals surface area contributed by atoms with E-state index in [2.05, 4.69) is 5.32 Å². The summed E-state index contributed by atoms with van der Waals surface area (Å²) in [5.41, 5.74) is 1.29.